The highest BCUT2D eigenvalue weighted by Gasteiger charge is 2.30. The summed E-state index contributed by atoms with van der Waals surface area (Å²) in [7, 11) is 0. The molecule has 3 aliphatic heterocycles. The Bertz CT molecular complexity index is 1780. The van der Waals surface area contributed by atoms with Crippen LogP contribution in [-0.4, -0.2) is 32.1 Å². The molecule has 0 atom stereocenters. The van der Waals surface area contributed by atoms with Gasteiger partial charge in [-0.15, -0.1) is 11.3 Å². The van der Waals surface area contributed by atoms with Crippen molar-refractivity contribution in [2.24, 2.45) is 5.11 Å². The minimum Gasteiger partial charge on any atom is -0.545 e. The Kier molecular flexibility index (Phi) is 7.32. The van der Waals surface area contributed by atoms with E-state index in [0.717, 1.165) is 85.3 Å². The summed E-state index contributed by atoms with van der Waals surface area (Å²) in [4.78, 5) is 17.6. The maximum Gasteiger partial charge on any atom is 0.201 e. The van der Waals surface area contributed by atoms with Crippen molar-refractivity contribution in [1.29, 1.82) is 0 Å². The highest BCUT2D eigenvalue weighted by Crippen LogP contribution is 2.48. The number of carboxylic acid groups (broad SMARTS) is 1. The van der Waals surface area contributed by atoms with E-state index in [4.69, 9.17) is 5.53 Å². The average Bonchev–Trinajstić information content (AvgIpc) is 3.00. The monoisotopic (exact) mass is 577 g/mol. The van der Waals surface area contributed by atoms with Gasteiger partial charge in [-0.25, -0.2) is 17.7 Å². The first-order valence-electron chi connectivity index (χ1n) is 13.7. The number of nitrogens with zero attached hydrogens (tertiary/aromatic N) is 5. The summed E-state index contributed by atoms with van der Waals surface area (Å²) in [6.45, 7) is 3.60. The molecule has 0 amide bonds. The summed E-state index contributed by atoms with van der Waals surface area (Å²) in [6, 6.07) is 11.2. The maximum absolute atomic E-state index is 16.0. The number of rotatable bonds is 4. The standard InChI is InChI=1S/C30H26F3N5O2S/c31-26-25(30(39)40)24(27(32)29(28(26)33)35-36-34)23-19-9-7-17(37-11-3-1-4-12-37)15-21(19)41-22-16-18(8-10-20(22)23)38-13-5-2-6-14-38/h7-10,15-16H,1-6,11-14H2. The van der Waals surface area contributed by atoms with Gasteiger partial charge in [0.2, 0.25) is 5.36 Å². The molecule has 0 aromatic heterocycles. The molecule has 1 aliphatic carbocycles. The number of piperidine rings is 2. The summed E-state index contributed by atoms with van der Waals surface area (Å²) in [5.74, 6) is -7.26. The number of benzene rings is 3. The maximum atomic E-state index is 16.0. The molecular weight excluding hydrogens is 551 g/mol. The Morgan fingerprint density at radius 3 is 2.37 bits per heavy atom. The van der Waals surface area contributed by atoms with Crippen LogP contribution < -0.4 is 19.9 Å². The number of hydrogen-bond donors (Lipinski definition) is 0. The van der Waals surface area contributed by atoms with Crippen molar-refractivity contribution in [3.05, 3.63) is 75.2 Å². The highest BCUT2D eigenvalue weighted by atomic mass is 32.1. The Hall–Kier alpha value is -4.08. The molecule has 0 spiro atoms. The zero-order valence-electron chi connectivity index (χ0n) is 22.1. The largest absolute Gasteiger partial charge is 0.545 e. The number of anilines is 1. The minimum atomic E-state index is -2.08. The zero-order chi connectivity index (χ0) is 28.7. The molecule has 11 heteroatoms. The van der Waals surface area contributed by atoms with Gasteiger partial charge in [-0.2, -0.15) is 0 Å². The van der Waals surface area contributed by atoms with Crippen LogP contribution in [0.25, 0.3) is 42.1 Å². The van der Waals surface area contributed by atoms with Crippen LogP contribution in [0.5, 0.6) is 0 Å². The van der Waals surface area contributed by atoms with E-state index in [1.54, 1.807) is 12.1 Å². The van der Waals surface area contributed by atoms with E-state index in [1.165, 1.54) is 11.3 Å². The molecule has 4 aliphatic rings. The summed E-state index contributed by atoms with van der Waals surface area (Å²) >= 11 is 1.47. The van der Waals surface area contributed by atoms with Crippen molar-refractivity contribution in [2.45, 2.75) is 38.5 Å². The summed E-state index contributed by atoms with van der Waals surface area (Å²) in [5.41, 5.74) is 7.26. The fourth-order valence-corrected chi connectivity index (χ4v) is 7.20. The Morgan fingerprint density at radius 1 is 0.927 bits per heavy atom. The van der Waals surface area contributed by atoms with E-state index in [0.29, 0.717) is 10.9 Å². The molecule has 0 N–H and O–H groups in total. The van der Waals surface area contributed by atoms with Gasteiger partial charge in [0.15, 0.2) is 11.6 Å². The lowest BCUT2D eigenvalue weighted by Crippen LogP contribution is -2.34. The first-order valence-corrected chi connectivity index (χ1v) is 14.5. The van der Waals surface area contributed by atoms with E-state index in [-0.39, 0.29) is 5.56 Å². The van der Waals surface area contributed by atoms with Crippen LogP contribution in [-0.2, 0) is 0 Å². The molecule has 6 rings (SSSR count). The number of halogens is 3. The summed E-state index contributed by atoms with van der Waals surface area (Å²) in [5, 5.41) is 16.7. The van der Waals surface area contributed by atoms with Crippen molar-refractivity contribution in [3.63, 3.8) is 0 Å². The predicted molar refractivity (Wildman–Crippen MR) is 152 cm³/mol. The van der Waals surface area contributed by atoms with E-state index in [2.05, 4.69) is 19.5 Å². The van der Waals surface area contributed by atoms with Crippen molar-refractivity contribution < 1.29 is 23.1 Å². The van der Waals surface area contributed by atoms with Crippen LogP contribution in [0.4, 0.5) is 24.5 Å². The Labute approximate surface area is 237 Å². The second-order valence-electron chi connectivity index (χ2n) is 10.5. The number of carboxylic acids is 1. The highest BCUT2D eigenvalue weighted by molar-refractivity contribution is 7.21. The third-order valence-electron chi connectivity index (χ3n) is 8.03. The molecule has 0 saturated carbocycles. The predicted octanol–water partition coefficient (Wildman–Crippen LogP) is 6.34. The molecule has 210 valence electrons. The molecule has 3 heterocycles. The number of carbonyl (C=O) groups is 1. The van der Waals surface area contributed by atoms with Gasteiger partial charge in [0, 0.05) is 85.9 Å². The fourth-order valence-electron chi connectivity index (χ4n) is 6.04. The topological polar surface area (TPSA) is 95.1 Å². The van der Waals surface area contributed by atoms with Crippen LogP contribution in [0.2, 0.25) is 0 Å². The fraction of sp³-hybridized carbons (Fsp3) is 0.333. The number of aromatic carboxylic acids is 1. The molecule has 2 saturated heterocycles. The molecule has 0 bridgehead atoms. The number of azide groups is 1. The van der Waals surface area contributed by atoms with Gasteiger partial charge in [0.05, 0.1) is 5.97 Å². The van der Waals surface area contributed by atoms with Gasteiger partial charge in [-0.05, 0) is 49.4 Å². The first kappa shape index (κ1) is 27.1. The number of carbonyl (C=O) groups excluding carboxylic acids is 1. The molecule has 7 nitrogen and oxygen atoms in total. The van der Waals surface area contributed by atoms with Crippen molar-refractivity contribution in [2.75, 3.05) is 31.1 Å². The molecule has 2 fully saturated rings. The second kappa shape index (κ2) is 11.1. The number of fused-ring (bicyclic) bond motifs is 2. The van der Waals surface area contributed by atoms with E-state index < -0.39 is 40.2 Å². The van der Waals surface area contributed by atoms with Crippen LogP contribution in [0.1, 0.15) is 48.9 Å². The third-order valence-corrected chi connectivity index (χ3v) is 9.14. The second-order valence-corrected chi connectivity index (χ2v) is 11.5. The van der Waals surface area contributed by atoms with Crippen LogP contribution >= 0.6 is 11.3 Å². The van der Waals surface area contributed by atoms with Crippen LogP contribution in [0.15, 0.2) is 41.5 Å². The van der Waals surface area contributed by atoms with Gasteiger partial charge in [0.25, 0.3) is 0 Å². The van der Waals surface area contributed by atoms with Gasteiger partial charge < -0.3 is 14.8 Å². The minimum absolute atomic E-state index is 0.0779. The normalized spacial score (nSPS) is 15.8. The van der Waals surface area contributed by atoms with E-state index in [9.17, 15) is 14.3 Å². The van der Waals surface area contributed by atoms with Crippen LogP contribution in [0.3, 0.4) is 0 Å². The van der Waals surface area contributed by atoms with Gasteiger partial charge in [-0.1, -0.05) is 11.2 Å². The van der Waals surface area contributed by atoms with E-state index >= 15 is 8.78 Å². The molecule has 41 heavy (non-hydrogen) atoms. The van der Waals surface area contributed by atoms with Gasteiger partial charge >= 0.3 is 0 Å². The summed E-state index contributed by atoms with van der Waals surface area (Å²) < 4.78 is 49.0. The Balaban J connectivity index is 1.73. The molecular formula is C30H26F3N5O2S. The average molecular weight is 578 g/mol. The molecule has 2 aromatic rings. The van der Waals surface area contributed by atoms with Crippen molar-refractivity contribution in [3.8, 4) is 21.6 Å². The molecule has 0 unspecified atom stereocenters. The van der Waals surface area contributed by atoms with Crippen molar-refractivity contribution in [1.82, 2.24) is 4.58 Å². The lowest BCUT2D eigenvalue weighted by Gasteiger charge is -2.29. The third kappa shape index (κ3) is 4.79. The quantitative estimate of drug-likeness (QED) is 0.0707. The smallest absolute Gasteiger partial charge is 0.201 e. The van der Waals surface area contributed by atoms with Crippen LogP contribution in [0, 0.1) is 17.5 Å². The summed E-state index contributed by atoms with van der Waals surface area (Å²) in [6.07, 6.45) is 6.61. The lowest BCUT2D eigenvalue weighted by molar-refractivity contribution is -0.255. The first-order chi connectivity index (χ1) is 19.9. The van der Waals surface area contributed by atoms with Gasteiger partial charge in [-0.3, -0.25) is 0 Å². The lowest BCUT2D eigenvalue weighted by atomic mass is 9.90. The Morgan fingerprint density at radius 2 is 1.66 bits per heavy atom. The number of hydrogen-bond acceptors (Lipinski definition) is 5. The van der Waals surface area contributed by atoms with Gasteiger partial charge in [0.1, 0.15) is 24.6 Å². The van der Waals surface area contributed by atoms with E-state index in [1.807, 2.05) is 24.3 Å². The zero-order valence-corrected chi connectivity index (χ0v) is 22.9. The molecule has 0 radical (unpaired) electrons. The SMILES string of the molecule is [N-]=[N+]=Nc1c(F)c(F)c(C(=O)[O-])c(-c2c3ccc(=[N+]4CCCCC4)cc-3sc3cc(N4CCCCC4)ccc23)c1F. The molecule has 2 aromatic carbocycles. The van der Waals surface area contributed by atoms with Crippen molar-refractivity contribution >= 4 is 38.8 Å².